The average Bonchev–Trinajstić information content (AvgIpc) is 2.97. The molecule has 0 aliphatic heterocycles. The molecule has 0 spiro atoms. The van der Waals surface area contributed by atoms with Crippen molar-refractivity contribution < 1.29 is 14.1 Å². The maximum Gasteiger partial charge on any atom is 0.224 e. The maximum absolute atomic E-state index is 12.6. The van der Waals surface area contributed by atoms with E-state index in [0.717, 1.165) is 36.6 Å². The molecule has 4 heteroatoms. The summed E-state index contributed by atoms with van der Waals surface area (Å²) in [7, 11) is 0. The van der Waals surface area contributed by atoms with Gasteiger partial charge in [0.15, 0.2) is 18.9 Å². The topological polar surface area (TPSA) is 33.4 Å². The molecule has 4 nitrogen and oxygen atoms in total. The van der Waals surface area contributed by atoms with E-state index in [1.165, 1.54) is 87.3 Å². The molecule has 1 aromatic heterocycles. The summed E-state index contributed by atoms with van der Waals surface area (Å²) in [6, 6.07) is 18.6. The molecule has 0 radical (unpaired) electrons. The van der Waals surface area contributed by atoms with E-state index in [4.69, 9.17) is 4.74 Å². The molecular formula is C37H53N2O2+. The quantitative estimate of drug-likeness (QED) is 0.109. The molecule has 0 aliphatic carbocycles. The molecule has 222 valence electrons. The lowest BCUT2D eigenvalue weighted by atomic mass is 10.1. The standard InChI is InChI=1S/C37H53N2O2/c1-5-6-7-8-9-10-11-12-13-14-15-16-26-41-37-22-20-34(21-23-37)30-39(33(4)40)36-19-17-18-35(27-36)29-38-25-24-31(2)32(3)28-38/h17-25,27-28H,5-16,26,29-30H2,1-4H3/q+1. The molecule has 3 rings (SSSR count). The fraction of sp³-hybridized carbons (Fsp3) is 0.514. The van der Waals surface area contributed by atoms with Crippen LogP contribution in [0, 0.1) is 13.8 Å². The lowest BCUT2D eigenvalue weighted by Gasteiger charge is -2.22. The van der Waals surface area contributed by atoms with Gasteiger partial charge in [0, 0.05) is 29.8 Å². The summed E-state index contributed by atoms with van der Waals surface area (Å²) in [4.78, 5) is 14.5. The van der Waals surface area contributed by atoms with Crippen molar-refractivity contribution >= 4 is 11.6 Å². The Morgan fingerprint density at radius 3 is 2.00 bits per heavy atom. The molecule has 0 atom stereocenters. The summed E-state index contributed by atoms with van der Waals surface area (Å²) < 4.78 is 8.19. The monoisotopic (exact) mass is 557 g/mol. The number of aromatic nitrogens is 1. The van der Waals surface area contributed by atoms with E-state index >= 15 is 0 Å². The van der Waals surface area contributed by atoms with E-state index < -0.39 is 0 Å². The van der Waals surface area contributed by atoms with Gasteiger partial charge in [-0.05, 0) is 55.7 Å². The number of rotatable bonds is 19. The summed E-state index contributed by atoms with van der Waals surface area (Å²) in [6.45, 7) is 10.2. The van der Waals surface area contributed by atoms with Gasteiger partial charge in [-0.15, -0.1) is 0 Å². The van der Waals surface area contributed by atoms with Crippen LogP contribution in [0.25, 0.3) is 0 Å². The van der Waals surface area contributed by atoms with Crippen LogP contribution < -0.4 is 14.2 Å². The van der Waals surface area contributed by atoms with E-state index in [9.17, 15) is 4.79 Å². The Morgan fingerprint density at radius 2 is 1.39 bits per heavy atom. The van der Waals surface area contributed by atoms with Crippen molar-refractivity contribution in [1.82, 2.24) is 0 Å². The Morgan fingerprint density at radius 1 is 0.756 bits per heavy atom. The van der Waals surface area contributed by atoms with Crippen molar-refractivity contribution in [2.45, 2.75) is 118 Å². The van der Waals surface area contributed by atoms with Gasteiger partial charge in [-0.2, -0.15) is 0 Å². The highest BCUT2D eigenvalue weighted by atomic mass is 16.5. The van der Waals surface area contributed by atoms with Crippen molar-refractivity contribution in [3.8, 4) is 5.75 Å². The van der Waals surface area contributed by atoms with Crippen LogP contribution in [0.3, 0.4) is 0 Å². The van der Waals surface area contributed by atoms with E-state index in [1.807, 2.05) is 29.2 Å². The van der Waals surface area contributed by atoms with Crippen LogP contribution in [0.4, 0.5) is 5.69 Å². The third-order valence-electron chi connectivity index (χ3n) is 8.00. The largest absolute Gasteiger partial charge is 0.494 e. The summed E-state index contributed by atoms with van der Waals surface area (Å²) in [6.07, 6.45) is 20.5. The highest BCUT2D eigenvalue weighted by Gasteiger charge is 2.14. The lowest BCUT2D eigenvalue weighted by Crippen LogP contribution is -2.34. The van der Waals surface area contributed by atoms with Crippen LogP contribution in [-0.4, -0.2) is 12.5 Å². The number of unbranched alkanes of at least 4 members (excludes halogenated alkanes) is 11. The molecule has 0 unspecified atom stereocenters. The Kier molecular flexibility index (Phi) is 14.5. The van der Waals surface area contributed by atoms with Crippen LogP contribution in [-0.2, 0) is 17.9 Å². The van der Waals surface area contributed by atoms with Gasteiger partial charge in [-0.3, -0.25) is 4.79 Å². The van der Waals surface area contributed by atoms with Crippen molar-refractivity contribution in [1.29, 1.82) is 0 Å². The average molecular weight is 558 g/mol. The highest BCUT2D eigenvalue weighted by Crippen LogP contribution is 2.21. The fourth-order valence-corrected chi connectivity index (χ4v) is 5.26. The van der Waals surface area contributed by atoms with Gasteiger partial charge in [0.05, 0.1) is 13.2 Å². The zero-order valence-corrected chi connectivity index (χ0v) is 26.2. The van der Waals surface area contributed by atoms with Gasteiger partial charge in [0.1, 0.15) is 5.75 Å². The summed E-state index contributed by atoms with van der Waals surface area (Å²) in [5.41, 5.74) is 5.75. The third-order valence-corrected chi connectivity index (χ3v) is 8.00. The summed E-state index contributed by atoms with van der Waals surface area (Å²) in [5.74, 6) is 0.937. The number of anilines is 1. The normalized spacial score (nSPS) is 11.0. The van der Waals surface area contributed by atoms with Crippen LogP contribution in [0.5, 0.6) is 5.75 Å². The number of pyridine rings is 1. The Labute approximate surface area is 249 Å². The second kappa shape index (κ2) is 18.3. The first kappa shape index (κ1) is 32.4. The van der Waals surface area contributed by atoms with E-state index in [-0.39, 0.29) is 5.91 Å². The Balaban J connectivity index is 1.39. The molecule has 3 aromatic rings. The molecule has 0 N–H and O–H groups in total. The second-order valence-corrected chi connectivity index (χ2v) is 11.6. The summed E-state index contributed by atoms with van der Waals surface area (Å²) in [5, 5.41) is 0. The number of nitrogens with zero attached hydrogens (tertiary/aromatic N) is 2. The van der Waals surface area contributed by atoms with Crippen LogP contribution in [0.1, 0.15) is 113 Å². The predicted octanol–water partition coefficient (Wildman–Crippen LogP) is 9.27. The Bertz CT molecular complexity index is 1170. The van der Waals surface area contributed by atoms with Gasteiger partial charge in [0.2, 0.25) is 5.91 Å². The van der Waals surface area contributed by atoms with Crippen LogP contribution in [0.15, 0.2) is 67.0 Å². The minimum atomic E-state index is 0.0354. The molecular weight excluding hydrogens is 504 g/mol. The smallest absolute Gasteiger partial charge is 0.224 e. The minimum absolute atomic E-state index is 0.0354. The highest BCUT2D eigenvalue weighted by molar-refractivity contribution is 5.91. The molecule has 2 aromatic carbocycles. The van der Waals surface area contributed by atoms with Gasteiger partial charge in [-0.1, -0.05) is 102 Å². The maximum atomic E-state index is 12.6. The number of carbonyl (C=O) groups is 1. The van der Waals surface area contributed by atoms with Gasteiger partial charge in [0.25, 0.3) is 0 Å². The van der Waals surface area contributed by atoms with Crippen molar-refractivity contribution in [2.75, 3.05) is 11.5 Å². The van der Waals surface area contributed by atoms with Crippen molar-refractivity contribution in [3.63, 3.8) is 0 Å². The molecule has 41 heavy (non-hydrogen) atoms. The van der Waals surface area contributed by atoms with Gasteiger partial charge in [-0.25, -0.2) is 4.57 Å². The number of hydrogen-bond donors (Lipinski definition) is 0. The van der Waals surface area contributed by atoms with Crippen molar-refractivity contribution in [3.05, 3.63) is 89.2 Å². The Hall–Kier alpha value is -3.14. The molecule has 0 fully saturated rings. The number of hydrogen-bond acceptors (Lipinski definition) is 2. The third kappa shape index (κ3) is 12.1. The zero-order chi connectivity index (χ0) is 29.3. The van der Waals surface area contributed by atoms with E-state index in [0.29, 0.717) is 6.54 Å². The minimum Gasteiger partial charge on any atom is -0.494 e. The van der Waals surface area contributed by atoms with Crippen molar-refractivity contribution in [2.24, 2.45) is 0 Å². The molecule has 0 bridgehead atoms. The number of benzene rings is 2. The van der Waals surface area contributed by atoms with E-state index in [2.05, 4.69) is 68.1 Å². The number of ether oxygens (including phenoxy) is 1. The first-order valence-corrected chi connectivity index (χ1v) is 16.0. The zero-order valence-electron chi connectivity index (χ0n) is 26.2. The van der Waals surface area contributed by atoms with Gasteiger partial charge < -0.3 is 9.64 Å². The number of amides is 1. The van der Waals surface area contributed by atoms with Crippen LogP contribution in [0.2, 0.25) is 0 Å². The number of aryl methyl sites for hydroxylation is 2. The lowest BCUT2D eigenvalue weighted by molar-refractivity contribution is -0.688. The molecule has 1 amide bonds. The number of carbonyl (C=O) groups excluding carboxylic acids is 1. The van der Waals surface area contributed by atoms with E-state index in [1.54, 1.807) is 6.92 Å². The summed E-state index contributed by atoms with van der Waals surface area (Å²) >= 11 is 0. The predicted molar refractivity (Wildman–Crippen MR) is 172 cm³/mol. The second-order valence-electron chi connectivity index (χ2n) is 11.6. The molecule has 0 aliphatic rings. The SMILES string of the molecule is CCCCCCCCCCCCCCOc1ccc(CN(C(C)=O)c2cccc(C[n+]3ccc(C)c(C)c3)c2)cc1. The first-order valence-electron chi connectivity index (χ1n) is 16.0. The van der Waals surface area contributed by atoms with Gasteiger partial charge >= 0.3 is 0 Å². The molecule has 0 saturated carbocycles. The fourth-order valence-electron chi connectivity index (χ4n) is 5.26. The van der Waals surface area contributed by atoms with Crippen LogP contribution >= 0.6 is 0 Å². The molecule has 0 saturated heterocycles. The molecule has 1 heterocycles. The first-order chi connectivity index (χ1) is 20.0.